The van der Waals surface area contributed by atoms with Crippen LogP contribution in [-0.4, -0.2) is 5.78 Å². The summed E-state index contributed by atoms with van der Waals surface area (Å²) in [5.74, 6) is 0.368. The van der Waals surface area contributed by atoms with E-state index >= 15 is 0 Å². The van der Waals surface area contributed by atoms with Gasteiger partial charge in [0.05, 0.1) is 0 Å². The second kappa shape index (κ2) is 3.56. The van der Waals surface area contributed by atoms with Crippen molar-refractivity contribution < 1.29 is 4.79 Å². The van der Waals surface area contributed by atoms with E-state index in [1.54, 1.807) is 6.92 Å². The van der Waals surface area contributed by atoms with Crippen molar-refractivity contribution in [3.05, 3.63) is 35.9 Å². The fourth-order valence-corrected chi connectivity index (χ4v) is 2.24. The van der Waals surface area contributed by atoms with Crippen LogP contribution in [0.2, 0.25) is 0 Å². The van der Waals surface area contributed by atoms with Gasteiger partial charge in [-0.05, 0) is 31.7 Å². The molecule has 0 bridgehead atoms. The first-order valence-electron chi connectivity index (χ1n) is 5.28. The van der Waals surface area contributed by atoms with Crippen LogP contribution >= 0.6 is 0 Å². The molecule has 0 aromatic heterocycles. The highest BCUT2D eigenvalue weighted by Gasteiger charge is 2.41. The Balaban J connectivity index is 2.13. The molecular weight excluding hydrogens is 172 g/mol. The van der Waals surface area contributed by atoms with Gasteiger partial charge in [0.25, 0.3) is 0 Å². The van der Waals surface area contributed by atoms with Gasteiger partial charge in [-0.1, -0.05) is 36.8 Å². The highest BCUT2D eigenvalue weighted by atomic mass is 16.1. The van der Waals surface area contributed by atoms with Gasteiger partial charge in [0.1, 0.15) is 5.78 Å². The van der Waals surface area contributed by atoms with Crippen molar-refractivity contribution in [2.24, 2.45) is 5.41 Å². The van der Waals surface area contributed by atoms with Gasteiger partial charge in [-0.15, -0.1) is 0 Å². The molecule has 1 aliphatic carbocycles. The molecule has 0 spiro atoms. The van der Waals surface area contributed by atoms with Gasteiger partial charge in [0, 0.05) is 5.41 Å². The van der Waals surface area contributed by atoms with Crippen molar-refractivity contribution in [1.29, 1.82) is 0 Å². The SMILES string of the molecule is CC(=O)C1(Cc2ccccc2)CCC1. The predicted molar refractivity (Wildman–Crippen MR) is 57.1 cm³/mol. The lowest BCUT2D eigenvalue weighted by Crippen LogP contribution is -2.38. The Bertz CT molecular complexity index is 322. The zero-order chi connectivity index (χ0) is 10.0. The average molecular weight is 188 g/mol. The molecule has 2 rings (SSSR count). The molecule has 0 unspecified atom stereocenters. The van der Waals surface area contributed by atoms with Gasteiger partial charge >= 0.3 is 0 Å². The number of carbonyl (C=O) groups excluding carboxylic acids is 1. The van der Waals surface area contributed by atoms with Gasteiger partial charge in [0.2, 0.25) is 0 Å². The van der Waals surface area contributed by atoms with Crippen molar-refractivity contribution in [2.75, 3.05) is 0 Å². The Labute approximate surface area is 85.1 Å². The number of hydrogen-bond donors (Lipinski definition) is 0. The zero-order valence-corrected chi connectivity index (χ0v) is 8.62. The molecule has 1 saturated carbocycles. The van der Waals surface area contributed by atoms with E-state index in [-0.39, 0.29) is 5.41 Å². The van der Waals surface area contributed by atoms with E-state index in [0.29, 0.717) is 5.78 Å². The molecule has 1 fully saturated rings. The van der Waals surface area contributed by atoms with Gasteiger partial charge in [-0.2, -0.15) is 0 Å². The molecule has 0 heterocycles. The average Bonchev–Trinajstić information content (AvgIpc) is 2.12. The first kappa shape index (κ1) is 9.45. The number of ketones is 1. The van der Waals surface area contributed by atoms with Crippen LogP contribution < -0.4 is 0 Å². The van der Waals surface area contributed by atoms with Crippen LogP contribution in [0.15, 0.2) is 30.3 Å². The third kappa shape index (κ3) is 1.59. The lowest BCUT2D eigenvalue weighted by molar-refractivity contribution is -0.131. The maximum Gasteiger partial charge on any atom is 0.136 e. The van der Waals surface area contributed by atoms with Crippen molar-refractivity contribution in [1.82, 2.24) is 0 Å². The van der Waals surface area contributed by atoms with E-state index in [1.807, 2.05) is 18.2 Å². The molecular formula is C13H16O. The van der Waals surface area contributed by atoms with Crippen LogP contribution in [0.4, 0.5) is 0 Å². The molecule has 1 aromatic carbocycles. The molecule has 0 atom stereocenters. The second-order valence-electron chi connectivity index (χ2n) is 4.35. The summed E-state index contributed by atoms with van der Waals surface area (Å²) in [6, 6.07) is 10.3. The van der Waals surface area contributed by atoms with E-state index in [1.165, 1.54) is 12.0 Å². The minimum atomic E-state index is -0.0125. The first-order valence-corrected chi connectivity index (χ1v) is 5.28. The third-order valence-electron chi connectivity index (χ3n) is 3.44. The highest BCUT2D eigenvalue weighted by Crippen LogP contribution is 2.44. The Morgan fingerprint density at radius 2 is 1.93 bits per heavy atom. The second-order valence-corrected chi connectivity index (χ2v) is 4.35. The molecule has 0 radical (unpaired) electrons. The molecule has 1 heteroatoms. The van der Waals surface area contributed by atoms with Crippen molar-refractivity contribution in [3.8, 4) is 0 Å². The largest absolute Gasteiger partial charge is 0.299 e. The monoisotopic (exact) mass is 188 g/mol. The summed E-state index contributed by atoms with van der Waals surface area (Å²) in [4.78, 5) is 11.6. The van der Waals surface area contributed by atoms with Crippen LogP contribution in [0.3, 0.4) is 0 Å². The Hall–Kier alpha value is -1.11. The molecule has 0 amide bonds. The van der Waals surface area contributed by atoms with Crippen LogP contribution in [-0.2, 0) is 11.2 Å². The zero-order valence-electron chi connectivity index (χ0n) is 8.62. The molecule has 0 saturated heterocycles. The summed E-state index contributed by atoms with van der Waals surface area (Å²) in [5.41, 5.74) is 1.28. The van der Waals surface area contributed by atoms with Crippen molar-refractivity contribution in [2.45, 2.75) is 32.6 Å². The molecule has 1 aliphatic rings. The lowest BCUT2D eigenvalue weighted by atomic mass is 9.63. The summed E-state index contributed by atoms with van der Waals surface area (Å²) < 4.78 is 0. The fourth-order valence-electron chi connectivity index (χ4n) is 2.24. The minimum absolute atomic E-state index is 0.0125. The maximum absolute atomic E-state index is 11.6. The van der Waals surface area contributed by atoms with Crippen LogP contribution in [0.5, 0.6) is 0 Å². The third-order valence-corrected chi connectivity index (χ3v) is 3.44. The molecule has 74 valence electrons. The van der Waals surface area contributed by atoms with Crippen LogP contribution in [0.25, 0.3) is 0 Å². The van der Waals surface area contributed by atoms with Gasteiger partial charge in [-0.25, -0.2) is 0 Å². The number of benzene rings is 1. The van der Waals surface area contributed by atoms with E-state index in [4.69, 9.17) is 0 Å². The predicted octanol–water partition coefficient (Wildman–Crippen LogP) is 2.99. The maximum atomic E-state index is 11.6. The van der Waals surface area contributed by atoms with Crippen LogP contribution in [0.1, 0.15) is 31.7 Å². The number of carbonyl (C=O) groups is 1. The Morgan fingerprint density at radius 1 is 1.29 bits per heavy atom. The first-order chi connectivity index (χ1) is 6.73. The van der Waals surface area contributed by atoms with Gasteiger partial charge in [0.15, 0.2) is 0 Å². The standard InChI is InChI=1S/C13H16O/c1-11(14)13(8-5-9-13)10-12-6-3-2-4-7-12/h2-4,6-7H,5,8-10H2,1H3. The molecule has 1 aromatic rings. The minimum Gasteiger partial charge on any atom is -0.299 e. The lowest BCUT2D eigenvalue weighted by Gasteiger charge is -2.39. The summed E-state index contributed by atoms with van der Waals surface area (Å²) >= 11 is 0. The molecule has 1 nitrogen and oxygen atoms in total. The van der Waals surface area contributed by atoms with Gasteiger partial charge in [-0.3, -0.25) is 4.79 Å². The normalized spacial score (nSPS) is 18.6. The Kier molecular flexibility index (Phi) is 2.40. The summed E-state index contributed by atoms with van der Waals surface area (Å²) in [7, 11) is 0. The summed E-state index contributed by atoms with van der Waals surface area (Å²) in [5, 5.41) is 0. The van der Waals surface area contributed by atoms with E-state index < -0.39 is 0 Å². The number of Topliss-reactive ketones (excluding diaryl/α,β-unsaturated/α-hetero) is 1. The fraction of sp³-hybridized carbons (Fsp3) is 0.462. The molecule has 0 aliphatic heterocycles. The van der Waals surface area contributed by atoms with Crippen molar-refractivity contribution >= 4 is 5.78 Å². The molecule has 14 heavy (non-hydrogen) atoms. The summed E-state index contributed by atoms with van der Waals surface area (Å²) in [6.07, 6.45) is 4.31. The van der Waals surface area contributed by atoms with Crippen molar-refractivity contribution in [3.63, 3.8) is 0 Å². The smallest absolute Gasteiger partial charge is 0.136 e. The molecule has 0 N–H and O–H groups in total. The van der Waals surface area contributed by atoms with E-state index in [0.717, 1.165) is 19.3 Å². The van der Waals surface area contributed by atoms with E-state index in [9.17, 15) is 4.79 Å². The van der Waals surface area contributed by atoms with Gasteiger partial charge < -0.3 is 0 Å². The topological polar surface area (TPSA) is 17.1 Å². The number of hydrogen-bond acceptors (Lipinski definition) is 1. The number of rotatable bonds is 3. The quantitative estimate of drug-likeness (QED) is 0.712. The Morgan fingerprint density at radius 3 is 2.36 bits per heavy atom. The highest BCUT2D eigenvalue weighted by molar-refractivity contribution is 5.83. The van der Waals surface area contributed by atoms with E-state index in [2.05, 4.69) is 12.1 Å². The summed E-state index contributed by atoms with van der Waals surface area (Å²) in [6.45, 7) is 1.74. The van der Waals surface area contributed by atoms with Crippen LogP contribution in [0, 0.1) is 5.41 Å².